The molecular formula is C21H25N7O. The lowest BCUT2D eigenvalue weighted by Crippen LogP contribution is -2.31. The van der Waals surface area contributed by atoms with Gasteiger partial charge in [-0.15, -0.1) is 5.10 Å². The maximum Gasteiger partial charge on any atom is 0.211 e. The van der Waals surface area contributed by atoms with Gasteiger partial charge in [0.1, 0.15) is 6.04 Å². The first kappa shape index (κ1) is 20.2. The average Bonchev–Trinajstić information content (AvgIpc) is 2.71. The summed E-state index contributed by atoms with van der Waals surface area (Å²) < 4.78 is 0. The molecule has 0 saturated carbocycles. The van der Waals surface area contributed by atoms with Crippen LogP contribution in [0.3, 0.4) is 0 Å². The minimum absolute atomic E-state index is 0.0879. The van der Waals surface area contributed by atoms with Crippen LogP contribution in [0.25, 0.3) is 23.1 Å². The third-order valence-electron chi connectivity index (χ3n) is 4.19. The third kappa shape index (κ3) is 5.05. The molecule has 0 aliphatic heterocycles. The van der Waals surface area contributed by atoms with E-state index in [0.29, 0.717) is 12.4 Å². The molecule has 3 aromatic rings. The second-order valence-electron chi connectivity index (χ2n) is 6.50. The van der Waals surface area contributed by atoms with Crippen LogP contribution in [0.2, 0.25) is 0 Å². The lowest BCUT2D eigenvalue weighted by atomic mass is 10.1. The van der Waals surface area contributed by atoms with Gasteiger partial charge in [0.25, 0.3) is 0 Å². The summed E-state index contributed by atoms with van der Waals surface area (Å²) in [5.41, 5.74) is 14.7. The molecule has 0 radical (unpaired) electrons. The Kier molecular flexibility index (Phi) is 6.36. The molecular weight excluding hydrogens is 366 g/mol. The van der Waals surface area contributed by atoms with Crippen LogP contribution in [-0.4, -0.2) is 32.7 Å². The van der Waals surface area contributed by atoms with Crippen LogP contribution in [0.4, 0.5) is 0 Å². The SMILES string of the molecule is CCON(N=C(N)N)C(C)c1nc(/C=C/c2ccccn2)nc2ccc(C)cc12. The fourth-order valence-corrected chi connectivity index (χ4v) is 2.89. The number of hydrogen-bond acceptors (Lipinski definition) is 6. The zero-order chi connectivity index (χ0) is 20.8. The summed E-state index contributed by atoms with van der Waals surface area (Å²) in [5, 5.41) is 6.39. The van der Waals surface area contributed by atoms with Gasteiger partial charge in [-0.3, -0.25) is 9.82 Å². The maximum absolute atomic E-state index is 5.61. The first-order valence-electron chi connectivity index (χ1n) is 9.37. The average molecular weight is 391 g/mol. The van der Waals surface area contributed by atoms with Gasteiger partial charge in [-0.05, 0) is 57.2 Å². The molecule has 0 saturated heterocycles. The zero-order valence-electron chi connectivity index (χ0n) is 16.8. The largest absolute Gasteiger partial charge is 0.369 e. The number of pyridine rings is 1. The Labute approximate surface area is 169 Å². The molecule has 1 aromatic carbocycles. The number of aryl methyl sites for hydroxylation is 1. The lowest BCUT2D eigenvalue weighted by Gasteiger charge is -2.25. The summed E-state index contributed by atoms with van der Waals surface area (Å²) in [6.07, 6.45) is 5.45. The van der Waals surface area contributed by atoms with Gasteiger partial charge in [0.15, 0.2) is 5.82 Å². The van der Waals surface area contributed by atoms with Crippen molar-refractivity contribution in [1.29, 1.82) is 0 Å². The molecule has 0 aliphatic carbocycles. The van der Waals surface area contributed by atoms with Crippen LogP contribution in [0, 0.1) is 6.92 Å². The number of aromatic nitrogens is 3. The number of hydrogen-bond donors (Lipinski definition) is 2. The van der Waals surface area contributed by atoms with Crippen LogP contribution >= 0.6 is 0 Å². The number of nitrogens with two attached hydrogens (primary N) is 2. The number of guanidine groups is 1. The molecule has 150 valence electrons. The van der Waals surface area contributed by atoms with E-state index in [0.717, 1.165) is 27.9 Å². The third-order valence-corrected chi connectivity index (χ3v) is 4.19. The van der Waals surface area contributed by atoms with E-state index in [4.69, 9.17) is 21.3 Å². The minimum atomic E-state index is -0.341. The van der Waals surface area contributed by atoms with E-state index >= 15 is 0 Å². The number of benzene rings is 1. The van der Waals surface area contributed by atoms with Gasteiger partial charge in [-0.25, -0.2) is 9.97 Å². The Bertz CT molecular complexity index is 1030. The molecule has 1 atom stereocenters. The highest BCUT2D eigenvalue weighted by atomic mass is 16.7. The van der Waals surface area contributed by atoms with E-state index in [9.17, 15) is 0 Å². The molecule has 29 heavy (non-hydrogen) atoms. The smallest absolute Gasteiger partial charge is 0.211 e. The minimum Gasteiger partial charge on any atom is -0.369 e. The van der Waals surface area contributed by atoms with Crippen molar-refractivity contribution in [2.24, 2.45) is 16.6 Å². The van der Waals surface area contributed by atoms with Crippen LogP contribution in [0.1, 0.15) is 42.7 Å². The molecule has 0 amide bonds. The van der Waals surface area contributed by atoms with Gasteiger partial charge in [0.2, 0.25) is 5.96 Å². The first-order valence-corrected chi connectivity index (χ1v) is 9.37. The zero-order valence-corrected chi connectivity index (χ0v) is 16.8. The van der Waals surface area contributed by atoms with Crippen molar-refractivity contribution in [3.8, 4) is 0 Å². The highest BCUT2D eigenvalue weighted by Crippen LogP contribution is 2.27. The molecule has 2 aromatic heterocycles. The number of hydrazone groups is 1. The standard InChI is InChI=1S/C21H25N7O/c1-4-29-28(27-21(22)23)15(3)20-17-13-14(2)8-10-18(17)25-19(26-20)11-9-16-7-5-6-12-24-16/h5-13,15H,4H2,1-3H3,(H4,22,23,27)/b11-9+. The second kappa shape index (κ2) is 9.11. The number of fused-ring (bicyclic) bond motifs is 1. The summed E-state index contributed by atoms with van der Waals surface area (Å²) in [6, 6.07) is 11.4. The number of nitrogens with zero attached hydrogens (tertiary/aromatic N) is 5. The van der Waals surface area contributed by atoms with Crippen molar-refractivity contribution < 1.29 is 4.84 Å². The topological polar surface area (TPSA) is 116 Å². The lowest BCUT2D eigenvalue weighted by molar-refractivity contribution is -0.181. The molecule has 0 aliphatic rings. The van der Waals surface area contributed by atoms with Crippen molar-refractivity contribution in [3.05, 3.63) is 65.4 Å². The Hall–Kier alpha value is -3.52. The van der Waals surface area contributed by atoms with Crippen LogP contribution in [0.15, 0.2) is 47.7 Å². The molecule has 3 rings (SSSR count). The van der Waals surface area contributed by atoms with E-state index in [2.05, 4.69) is 15.1 Å². The van der Waals surface area contributed by atoms with E-state index in [-0.39, 0.29) is 12.0 Å². The van der Waals surface area contributed by atoms with Crippen molar-refractivity contribution in [2.75, 3.05) is 6.61 Å². The van der Waals surface area contributed by atoms with Gasteiger partial charge in [-0.1, -0.05) is 17.7 Å². The Morgan fingerprint density at radius 2 is 2.03 bits per heavy atom. The molecule has 8 nitrogen and oxygen atoms in total. The van der Waals surface area contributed by atoms with E-state index < -0.39 is 0 Å². The predicted octanol–water partition coefficient (Wildman–Crippen LogP) is 3.01. The molecule has 8 heteroatoms. The fraction of sp³-hybridized carbons (Fsp3) is 0.238. The normalized spacial score (nSPS) is 12.2. The molecule has 1 unspecified atom stereocenters. The van der Waals surface area contributed by atoms with Crippen molar-refractivity contribution in [1.82, 2.24) is 20.1 Å². The summed E-state index contributed by atoms with van der Waals surface area (Å²) in [6.45, 7) is 6.23. The second-order valence-corrected chi connectivity index (χ2v) is 6.50. The van der Waals surface area contributed by atoms with E-state index in [1.807, 2.05) is 69.3 Å². The monoisotopic (exact) mass is 391 g/mol. The Morgan fingerprint density at radius 3 is 2.72 bits per heavy atom. The van der Waals surface area contributed by atoms with E-state index in [1.165, 1.54) is 5.17 Å². The van der Waals surface area contributed by atoms with Crippen molar-refractivity contribution in [2.45, 2.75) is 26.8 Å². The number of hydroxylamine groups is 1. The predicted molar refractivity (Wildman–Crippen MR) is 115 cm³/mol. The van der Waals surface area contributed by atoms with Gasteiger partial charge in [-0.2, -0.15) is 5.17 Å². The van der Waals surface area contributed by atoms with Gasteiger partial charge in [0, 0.05) is 11.6 Å². The molecule has 0 fully saturated rings. The van der Waals surface area contributed by atoms with Crippen molar-refractivity contribution in [3.63, 3.8) is 0 Å². The molecule has 0 bridgehead atoms. The van der Waals surface area contributed by atoms with Crippen LogP contribution in [-0.2, 0) is 4.84 Å². The quantitative estimate of drug-likeness (QED) is 0.361. The first-order chi connectivity index (χ1) is 14.0. The summed E-state index contributed by atoms with van der Waals surface area (Å²) >= 11 is 0. The van der Waals surface area contributed by atoms with Gasteiger partial charge >= 0.3 is 0 Å². The summed E-state index contributed by atoms with van der Waals surface area (Å²) in [4.78, 5) is 19.3. The fourth-order valence-electron chi connectivity index (χ4n) is 2.89. The van der Waals surface area contributed by atoms with Gasteiger partial charge < -0.3 is 11.5 Å². The van der Waals surface area contributed by atoms with Crippen LogP contribution in [0.5, 0.6) is 0 Å². The Morgan fingerprint density at radius 1 is 1.21 bits per heavy atom. The van der Waals surface area contributed by atoms with Gasteiger partial charge in [0.05, 0.1) is 23.5 Å². The number of rotatable bonds is 7. The molecule has 2 heterocycles. The highest BCUT2D eigenvalue weighted by molar-refractivity contribution is 5.83. The maximum atomic E-state index is 5.61. The van der Waals surface area contributed by atoms with Crippen LogP contribution < -0.4 is 11.5 Å². The Balaban J connectivity index is 2.09. The summed E-state index contributed by atoms with van der Waals surface area (Å²) in [5.74, 6) is 0.477. The van der Waals surface area contributed by atoms with Crippen molar-refractivity contribution >= 4 is 29.0 Å². The molecule has 4 N–H and O–H groups in total. The van der Waals surface area contributed by atoms with E-state index in [1.54, 1.807) is 6.20 Å². The molecule has 0 spiro atoms. The highest BCUT2D eigenvalue weighted by Gasteiger charge is 2.21. The summed E-state index contributed by atoms with van der Waals surface area (Å²) in [7, 11) is 0.